The smallest absolute Gasteiger partial charge is 0.410 e. The van der Waals surface area contributed by atoms with Gasteiger partial charge in [-0.2, -0.15) is 0 Å². The molecule has 126 valence electrons. The number of carbonyl (C=O) groups is 2. The number of benzene rings is 1. The molecule has 0 unspecified atom stereocenters. The topological polar surface area (TPSA) is 75.9 Å². The van der Waals surface area contributed by atoms with E-state index in [9.17, 15) is 9.59 Å². The van der Waals surface area contributed by atoms with Crippen molar-refractivity contribution in [3.05, 3.63) is 35.9 Å². The van der Waals surface area contributed by atoms with Gasteiger partial charge in [0.15, 0.2) is 0 Å². The van der Waals surface area contributed by atoms with Crippen LogP contribution in [0.4, 0.5) is 4.79 Å². The Kier molecular flexibility index (Phi) is 5.98. The van der Waals surface area contributed by atoms with E-state index < -0.39 is 6.04 Å². The molecule has 0 spiro atoms. The van der Waals surface area contributed by atoms with E-state index in [0.29, 0.717) is 13.1 Å². The van der Waals surface area contributed by atoms with Gasteiger partial charge in [-0.25, -0.2) is 4.79 Å². The highest BCUT2D eigenvalue weighted by molar-refractivity contribution is 5.81. The zero-order valence-electron chi connectivity index (χ0n) is 13.8. The van der Waals surface area contributed by atoms with Gasteiger partial charge < -0.3 is 20.3 Å². The molecule has 1 aromatic carbocycles. The summed E-state index contributed by atoms with van der Waals surface area (Å²) in [5.74, 6) is -0.102. The number of hydrogen-bond donors (Lipinski definition) is 1. The van der Waals surface area contributed by atoms with E-state index in [1.54, 1.807) is 23.8 Å². The van der Waals surface area contributed by atoms with E-state index in [-0.39, 0.29) is 24.6 Å². The summed E-state index contributed by atoms with van der Waals surface area (Å²) in [6, 6.07) is 9.05. The van der Waals surface area contributed by atoms with Crippen molar-refractivity contribution in [1.82, 2.24) is 9.80 Å². The van der Waals surface area contributed by atoms with E-state index in [2.05, 4.69) is 0 Å². The first-order chi connectivity index (χ1) is 11.0. The summed E-state index contributed by atoms with van der Waals surface area (Å²) < 4.78 is 5.36. The summed E-state index contributed by atoms with van der Waals surface area (Å²) in [5.41, 5.74) is 6.61. The first-order valence-electron chi connectivity index (χ1n) is 7.97. The zero-order chi connectivity index (χ0) is 16.8. The lowest BCUT2D eigenvalue weighted by Gasteiger charge is -2.37. The van der Waals surface area contributed by atoms with Crippen LogP contribution in [0.25, 0.3) is 0 Å². The Labute approximate surface area is 137 Å². The molecule has 0 saturated carbocycles. The van der Waals surface area contributed by atoms with Gasteiger partial charge in [-0.15, -0.1) is 0 Å². The van der Waals surface area contributed by atoms with E-state index in [1.807, 2.05) is 30.3 Å². The van der Waals surface area contributed by atoms with E-state index in [0.717, 1.165) is 18.4 Å². The Morgan fingerprint density at radius 3 is 2.74 bits per heavy atom. The van der Waals surface area contributed by atoms with Crippen LogP contribution >= 0.6 is 0 Å². The third-order valence-electron chi connectivity index (χ3n) is 4.14. The molecule has 0 bridgehead atoms. The Morgan fingerprint density at radius 2 is 2.09 bits per heavy atom. The summed E-state index contributed by atoms with van der Waals surface area (Å²) in [6.07, 6.45) is 1.39. The van der Waals surface area contributed by atoms with E-state index in [1.165, 1.54) is 0 Å². The summed E-state index contributed by atoms with van der Waals surface area (Å²) in [4.78, 5) is 27.5. The second kappa shape index (κ2) is 7.97. The van der Waals surface area contributed by atoms with Crippen LogP contribution in [-0.4, -0.2) is 54.0 Å². The van der Waals surface area contributed by atoms with Crippen LogP contribution in [0.1, 0.15) is 25.3 Å². The van der Waals surface area contributed by atoms with Crippen LogP contribution in [0.15, 0.2) is 30.3 Å². The van der Waals surface area contributed by atoms with Crippen molar-refractivity contribution in [2.24, 2.45) is 5.73 Å². The Balaban J connectivity index is 1.87. The number of piperidine rings is 1. The molecular weight excluding hydrogens is 294 g/mol. The Morgan fingerprint density at radius 1 is 1.39 bits per heavy atom. The second-order valence-corrected chi connectivity index (χ2v) is 6.02. The average Bonchev–Trinajstić information content (AvgIpc) is 2.59. The standard InChI is InChI=1S/C17H25N3O3/c1-13(18)16(21)19(2)15-9-6-10-20(11-15)17(22)23-12-14-7-4-3-5-8-14/h3-5,7-8,13,15H,6,9-12,18H2,1-2H3/t13-,15-/m0/s1. The highest BCUT2D eigenvalue weighted by Crippen LogP contribution is 2.17. The molecule has 1 fully saturated rings. The predicted molar refractivity (Wildman–Crippen MR) is 87.6 cm³/mol. The fourth-order valence-corrected chi connectivity index (χ4v) is 2.75. The molecule has 0 aromatic heterocycles. The number of carbonyl (C=O) groups excluding carboxylic acids is 2. The van der Waals surface area contributed by atoms with Crippen molar-refractivity contribution in [1.29, 1.82) is 0 Å². The fourth-order valence-electron chi connectivity index (χ4n) is 2.75. The van der Waals surface area contributed by atoms with Crippen LogP contribution in [0.3, 0.4) is 0 Å². The summed E-state index contributed by atoms with van der Waals surface area (Å²) in [7, 11) is 1.75. The number of likely N-dealkylation sites (tertiary alicyclic amines) is 1. The number of ether oxygens (including phenoxy) is 1. The van der Waals surface area contributed by atoms with Gasteiger partial charge in [0.25, 0.3) is 0 Å². The zero-order valence-corrected chi connectivity index (χ0v) is 13.8. The van der Waals surface area contributed by atoms with Crippen LogP contribution < -0.4 is 5.73 Å². The highest BCUT2D eigenvalue weighted by atomic mass is 16.6. The van der Waals surface area contributed by atoms with Crippen molar-refractivity contribution in [2.45, 2.75) is 38.5 Å². The molecule has 23 heavy (non-hydrogen) atoms. The summed E-state index contributed by atoms with van der Waals surface area (Å²) >= 11 is 0. The molecule has 6 nitrogen and oxygen atoms in total. The van der Waals surface area contributed by atoms with Gasteiger partial charge in [0.1, 0.15) is 6.61 Å². The van der Waals surface area contributed by atoms with Gasteiger partial charge in [-0.1, -0.05) is 30.3 Å². The number of nitrogens with two attached hydrogens (primary N) is 1. The minimum absolute atomic E-state index is 0.00785. The van der Waals surface area contributed by atoms with Gasteiger partial charge in [0.2, 0.25) is 5.91 Å². The van der Waals surface area contributed by atoms with Gasteiger partial charge in [-0.3, -0.25) is 4.79 Å². The van der Waals surface area contributed by atoms with Gasteiger partial charge in [-0.05, 0) is 25.3 Å². The SMILES string of the molecule is C[C@H](N)C(=O)N(C)[C@H]1CCCN(C(=O)OCc2ccccc2)C1. The van der Waals surface area contributed by atoms with Crippen molar-refractivity contribution < 1.29 is 14.3 Å². The molecular formula is C17H25N3O3. The molecule has 0 aliphatic carbocycles. The van der Waals surface area contributed by atoms with Crippen LogP contribution in [-0.2, 0) is 16.1 Å². The van der Waals surface area contributed by atoms with E-state index >= 15 is 0 Å². The molecule has 1 heterocycles. The molecule has 2 amide bonds. The molecule has 6 heteroatoms. The first kappa shape index (κ1) is 17.3. The third-order valence-corrected chi connectivity index (χ3v) is 4.14. The predicted octanol–water partition coefficient (Wildman–Crippen LogP) is 1.59. The molecule has 2 atom stereocenters. The third kappa shape index (κ3) is 4.69. The molecule has 1 aromatic rings. The quantitative estimate of drug-likeness (QED) is 0.914. The molecule has 1 aliphatic rings. The van der Waals surface area contributed by atoms with E-state index in [4.69, 9.17) is 10.5 Å². The van der Waals surface area contributed by atoms with Gasteiger partial charge in [0, 0.05) is 26.2 Å². The fraction of sp³-hybridized carbons (Fsp3) is 0.529. The lowest BCUT2D eigenvalue weighted by Crippen LogP contribution is -2.53. The van der Waals surface area contributed by atoms with Crippen LogP contribution in [0.5, 0.6) is 0 Å². The number of nitrogens with zero attached hydrogens (tertiary/aromatic N) is 2. The molecule has 1 saturated heterocycles. The minimum atomic E-state index is -0.527. The number of amides is 2. The van der Waals surface area contributed by atoms with Crippen molar-refractivity contribution >= 4 is 12.0 Å². The van der Waals surface area contributed by atoms with Gasteiger partial charge >= 0.3 is 6.09 Å². The molecule has 2 N–H and O–H groups in total. The summed E-state index contributed by atoms with van der Waals surface area (Å²) in [6.45, 7) is 3.08. The normalized spacial score (nSPS) is 19.1. The molecule has 1 aliphatic heterocycles. The van der Waals surface area contributed by atoms with Crippen molar-refractivity contribution in [3.63, 3.8) is 0 Å². The number of likely N-dealkylation sites (N-methyl/N-ethyl adjacent to an activating group) is 1. The second-order valence-electron chi connectivity index (χ2n) is 6.02. The van der Waals surface area contributed by atoms with Crippen LogP contribution in [0.2, 0.25) is 0 Å². The maximum absolute atomic E-state index is 12.2. The first-order valence-corrected chi connectivity index (χ1v) is 7.97. The van der Waals surface area contributed by atoms with Crippen molar-refractivity contribution in [3.8, 4) is 0 Å². The van der Waals surface area contributed by atoms with Gasteiger partial charge in [0.05, 0.1) is 6.04 Å². The molecule has 2 rings (SSSR count). The largest absolute Gasteiger partial charge is 0.445 e. The lowest BCUT2D eigenvalue weighted by atomic mass is 10.0. The minimum Gasteiger partial charge on any atom is -0.445 e. The number of hydrogen-bond acceptors (Lipinski definition) is 4. The lowest BCUT2D eigenvalue weighted by molar-refractivity contribution is -0.133. The Hall–Kier alpha value is -2.08. The highest BCUT2D eigenvalue weighted by Gasteiger charge is 2.30. The maximum atomic E-state index is 12.2. The average molecular weight is 319 g/mol. The number of rotatable bonds is 4. The molecule has 0 radical (unpaired) electrons. The summed E-state index contributed by atoms with van der Waals surface area (Å²) in [5, 5.41) is 0. The monoisotopic (exact) mass is 319 g/mol. The Bertz CT molecular complexity index is 533. The van der Waals surface area contributed by atoms with Crippen molar-refractivity contribution in [2.75, 3.05) is 20.1 Å². The maximum Gasteiger partial charge on any atom is 0.410 e. The van der Waals surface area contributed by atoms with Crippen LogP contribution in [0, 0.1) is 0 Å².